The van der Waals surface area contributed by atoms with Crippen LogP contribution in [-0.2, 0) is 4.74 Å². The highest BCUT2D eigenvalue weighted by molar-refractivity contribution is 8.00. The summed E-state index contributed by atoms with van der Waals surface area (Å²) in [6.07, 6.45) is 21.3. The van der Waals surface area contributed by atoms with Crippen molar-refractivity contribution in [2.45, 2.75) is 129 Å². The first kappa shape index (κ1) is 31.0. The van der Waals surface area contributed by atoms with Crippen molar-refractivity contribution in [2.75, 3.05) is 32.0 Å². The summed E-state index contributed by atoms with van der Waals surface area (Å²) in [5.74, 6) is 3.40. The number of allylic oxidation sites excluding steroid dienone is 1. The molecule has 4 heteroatoms. The largest absolute Gasteiger partial charge is 0.378 e. The number of rotatable bonds is 5. The van der Waals surface area contributed by atoms with Crippen LogP contribution in [0.25, 0.3) is 0 Å². The van der Waals surface area contributed by atoms with Crippen molar-refractivity contribution in [3.05, 3.63) is 12.2 Å². The second-order valence-electron chi connectivity index (χ2n) is 10.3. The van der Waals surface area contributed by atoms with Crippen molar-refractivity contribution in [1.82, 2.24) is 10.6 Å². The van der Waals surface area contributed by atoms with Gasteiger partial charge in [0.2, 0.25) is 0 Å². The van der Waals surface area contributed by atoms with Gasteiger partial charge in [0.1, 0.15) is 0 Å². The Kier molecular flexibility index (Phi) is 20.0. The maximum absolute atomic E-state index is 5.39. The first-order valence-electron chi connectivity index (χ1n) is 14.4. The highest BCUT2D eigenvalue weighted by Gasteiger charge is 2.15. The zero-order chi connectivity index (χ0) is 24.2. The molecule has 196 valence electrons. The van der Waals surface area contributed by atoms with Crippen LogP contribution in [-0.4, -0.2) is 49.4 Å². The van der Waals surface area contributed by atoms with Crippen molar-refractivity contribution in [1.29, 1.82) is 0 Å². The van der Waals surface area contributed by atoms with E-state index in [1.807, 2.05) is 0 Å². The first-order chi connectivity index (χ1) is 16.1. The van der Waals surface area contributed by atoms with Crippen LogP contribution in [0.4, 0.5) is 0 Å². The van der Waals surface area contributed by atoms with E-state index in [9.17, 15) is 0 Å². The predicted molar refractivity (Wildman–Crippen MR) is 151 cm³/mol. The number of nitrogens with one attached hydrogen (secondary N) is 2. The lowest BCUT2D eigenvalue weighted by Crippen LogP contribution is -2.35. The van der Waals surface area contributed by atoms with Crippen LogP contribution in [0, 0.1) is 11.8 Å². The van der Waals surface area contributed by atoms with Crippen molar-refractivity contribution < 1.29 is 4.74 Å². The van der Waals surface area contributed by atoms with Crippen LogP contribution >= 0.6 is 11.8 Å². The predicted octanol–water partition coefficient (Wildman–Crippen LogP) is 7.60. The zero-order valence-electron chi connectivity index (χ0n) is 22.9. The van der Waals surface area contributed by atoms with Crippen LogP contribution in [0.1, 0.15) is 112 Å². The van der Waals surface area contributed by atoms with E-state index >= 15 is 0 Å². The van der Waals surface area contributed by atoms with E-state index in [1.165, 1.54) is 102 Å². The topological polar surface area (TPSA) is 33.3 Å². The maximum atomic E-state index is 5.39. The molecule has 4 fully saturated rings. The molecule has 2 N–H and O–H groups in total. The Balaban J connectivity index is 0.000000220. The Morgan fingerprint density at radius 2 is 1.64 bits per heavy atom. The first-order valence-corrected chi connectivity index (χ1v) is 15.5. The minimum Gasteiger partial charge on any atom is -0.378 e. The Bertz CT molecular complexity index is 441. The van der Waals surface area contributed by atoms with Crippen LogP contribution in [0.15, 0.2) is 12.2 Å². The summed E-state index contributed by atoms with van der Waals surface area (Å²) < 4.78 is 5.39. The van der Waals surface area contributed by atoms with E-state index in [4.69, 9.17) is 4.74 Å². The summed E-state index contributed by atoms with van der Waals surface area (Å²) in [6.45, 7) is 15.9. The van der Waals surface area contributed by atoms with Gasteiger partial charge in [0.15, 0.2) is 0 Å². The zero-order valence-corrected chi connectivity index (χ0v) is 23.7. The van der Waals surface area contributed by atoms with Crippen molar-refractivity contribution in [3.63, 3.8) is 0 Å². The molecule has 0 amide bonds. The molecule has 0 saturated carbocycles. The van der Waals surface area contributed by atoms with E-state index < -0.39 is 0 Å². The van der Waals surface area contributed by atoms with E-state index in [2.05, 4.69) is 69.2 Å². The lowest BCUT2D eigenvalue weighted by Gasteiger charge is -2.26. The summed E-state index contributed by atoms with van der Waals surface area (Å²) in [7, 11) is 0. The molecule has 4 atom stereocenters. The number of ether oxygens (including phenoxy) is 1. The molecule has 0 radical (unpaired) electrons. The molecule has 3 nitrogen and oxygen atoms in total. The van der Waals surface area contributed by atoms with Crippen molar-refractivity contribution >= 4 is 11.8 Å². The Morgan fingerprint density at radius 1 is 0.909 bits per heavy atom. The fraction of sp³-hybridized carbons (Fsp3) is 0.931. The molecule has 4 rings (SSSR count). The Labute approximate surface area is 212 Å². The van der Waals surface area contributed by atoms with Gasteiger partial charge >= 0.3 is 0 Å². The van der Waals surface area contributed by atoms with Gasteiger partial charge in [0.05, 0.1) is 6.10 Å². The molecule has 4 aliphatic rings. The van der Waals surface area contributed by atoms with Gasteiger partial charge in [-0.05, 0) is 109 Å². The lowest BCUT2D eigenvalue weighted by atomic mass is 9.91. The average molecular weight is 483 g/mol. The molecule has 4 aliphatic heterocycles. The molecular formula is C29H58N2OS. The summed E-state index contributed by atoms with van der Waals surface area (Å²) in [5, 5.41) is 7.64. The third-order valence-electron chi connectivity index (χ3n) is 7.35. The SMILES string of the molecule is C/C=C/C1CCCS1.CCC1CCNC(C)C1.CCC1CCNCC1.CCCC1CCCO1. The highest BCUT2D eigenvalue weighted by atomic mass is 32.2. The third kappa shape index (κ3) is 16.3. The minimum atomic E-state index is 0.611. The van der Waals surface area contributed by atoms with Crippen molar-refractivity contribution in [3.8, 4) is 0 Å². The Hall–Kier alpha value is -0.0300. The number of hydrogen-bond acceptors (Lipinski definition) is 4. The molecule has 4 saturated heterocycles. The molecule has 4 unspecified atom stereocenters. The van der Waals surface area contributed by atoms with Crippen molar-refractivity contribution in [2.24, 2.45) is 11.8 Å². The van der Waals surface area contributed by atoms with Gasteiger partial charge < -0.3 is 15.4 Å². The highest BCUT2D eigenvalue weighted by Crippen LogP contribution is 2.26. The Morgan fingerprint density at radius 3 is 2.09 bits per heavy atom. The van der Waals surface area contributed by atoms with E-state index in [0.29, 0.717) is 6.10 Å². The molecule has 0 aliphatic carbocycles. The summed E-state index contributed by atoms with van der Waals surface area (Å²) in [4.78, 5) is 0. The molecule has 4 heterocycles. The van der Waals surface area contributed by atoms with Gasteiger partial charge in [-0.15, -0.1) is 0 Å². The molecule has 0 bridgehead atoms. The standard InChI is InChI=1S/C8H17N.C7H15N.C7H14O.C7H12S/c1-3-8-4-5-9-7(2)6-8;1-2-7-3-5-8-6-4-7;2*1-2-4-7-5-3-6-8-7/h7-9H,3-6H2,1-2H3;7-8H,2-6H2,1H3;7H,2-6H2,1H3;2,4,7H,3,5-6H2,1H3/b;;;4-2+. The van der Waals surface area contributed by atoms with Crippen LogP contribution in [0.5, 0.6) is 0 Å². The van der Waals surface area contributed by atoms with Gasteiger partial charge in [0.25, 0.3) is 0 Å². The second-order valence-corrected chi connectivity index (χ2v) is 11.6. The van der Waals surface area contributed by atoms with Gasteiger partial charge in [-0.2, -0.15) is 11.8 Å². The van der Waals surface area contributed by atoms with Gasteiger partial charge in [-0.3, -0.25) is 0 Å². The van der Waals surface area contributed by atoms with Crippen LogP contribution < -0.4 is 10.6 Å². The van der Waals surface area contributed by atoms with Crippen LogP contribution in [0.3, 0.4) is 0 Å². The normalized spacial score (nSPS) is 30.0. The summed E-state index contributed by atoms with van der Waals surface area (Å²) >= 11 is 2.08. The fourth-order valence-electron chi connectivity index (χ4n) is 5.06. The average Bonchev–Trinajstić information content (AvgIpc) is 3.56. The number of hydrogen-bond donors (Lipinski definition) is 2. The molecule has 0 aromatic heterocycles. The van der Waals surface area contributed by atoms with E-state index in [0.717, 1.165) is 29.7 Å². The second kappa shape index (κ2) is 21.3. The molecular weight excluding hydrogens is 424 g/mol. The number of piperidine rings is 2. The van der Waals surface area contributed by atoms with E-state index in [-0.39, 0.29) is 0 Å². The van der Waals surface area contributed by atoms with Gasteiger partial charge in [-0.1, -0.05) is 52.2 Å². The molecule has 0 aromatic rings. The number of thioether (sulfide) groups is 1. The van der Waals surface area contributed by atoms with Crippen LogP contribution in [0.2, 0.25) is 0 Å². The van der Waals surface area contributed by atoms with Gasteiger partial charge in [-0.25, -0.2) is 0 Å². The summed E-state index contributed by atoms with van der Waals surface area (Å²) in [6, 6.07) is 0.767. The fourth-order valence-corrected chi connectivity index (χ4v) is 6.30. The monoisotopic (exact) mass is 482 g/mol. The maximum Gasteiger partial charge on any atom is 0.0575 e. The quantitative estimate of drug-likeness (QED) is 0.395. The minimum absolute atomic E-state index is 0.611. The lowest BCUT2D eigenvalue weighted by molar-refractivity contribution is 0.103. The summed E-state index contributed by atoms with van der Waals surface area (Å²) in [5.41, 5.74) is 0. The third-order valence-corrected chi connectivity index (χ3v) is 8.70. The smallest absolute Gasteiger partial charge is 0.0575 e. The van der Waals surface area contributed by atoms with Gasteiger partial charge in [0, 0.05) is 17.9 Å². The molecule has 0 spiro atoms. The van der Waals surface area contributed by atoms with E-state index in [1.54, 1.807) is 0 Å². The molecule has 33 heavy (non-hydrogen) atoms. The molecule has 0 aromatic carbocycles.